The van der Waals surface area contributed by atoms with Gasteiger partial charge in [0.15, 0.2) is 0 Å². The zero-order chi connectivity index (χ0) is 20.6. The van der Waals surface area contributed by atoms with Crippen LogP contribution in [0.1, 0.15) is 55.5 Å². The highest BCUT2D eigenvalue weighted by Gasteiger charge is 2.36. The number of fused-ring (bicyclic) bond motifs is 1. The molecule has 0 radical (unpaired) electrons. The van der Waals surface area contributed by atoms with Crippen molar-refractivity contribution in [2.45, 2.75) is 62.9 Å². The standard InChI is InChI=1S/C23H28N2O3S/c1-16-8-3-5-12-21(16)24-23(26)19-10-7-11-20(15-19)29(27,28)25-17(2)14-18-9-4-6-13-22(18)25/h4,6-7,9-11,13,15-17,21H,3,5,8,12,14H2,1-2H3,(H,24,26)/t16-,17-,21+/m0/s1. The molecule has 29 heavy (non-hydrogen) atoms. The SMILES string of the molecule is C[C@H]1CCCC[C@H]1NC(=O)c1cccc(S(=O)(=O)N2c3ccccc3C[C@@H]2C)c1. The van der Waals surface area contributed by atoms with Crippen molar-refractivity contribution in [2.75, 3.05) is 4.31 Å². The van der Waals surface area contributed by atoms with Gasteiger partial charge in [0.1, 0.15) is 0 Å². The van der Waals surface area contributed by atoms with Crippen molar-refractivity contribution in [2.24, 2.45) is 5.92 Å². The predicted octanol–water partition coefficient (Wildman–Crippen LogP) is 4.14. The van der Waals surface area contributed by atoms with Gasteiger partial charge in [0.25, 0.3) is 15.9 Å². The van der Waals surface area contributed by atoms with Gasteiger partial charge in [0.2, 0.25) is 0 Å². The summed E-state index contributed by atoms with van der Waals surface area (Å²) >= 11 is 0. The van der Waals surface area contributed by atoms with Crippen LogP contribution < -0.4 is 9.62 Å². The summed E-state index contributed by atoms with van der Waals surface area (Å²) in [5.74, 6) is 0.247. The summed E-state index contributed by atoms with van der Waals surface area (Å²) in [6.07, 6.45) is 5.11. The van der Waals surface area contributed by atoms with Crippen molar-refractivity contribution >= 4 is 21.6 Å². The summed E-state index contributed by atoms with van der Waals surface area (Å²) < 4.78 is 28.3. The van der Waals surface area contributed by atoms with Crippen molar-refractivity contribution in [3.63, 3.8) is 0 Å². The second kappa shape index (κ2) is 7.82. The second-order valence-electron chi connectivity index (χ2n) is 8.35. The van der Waals surface area contributed by atoms with Crippen LogP contribution in [-0.4, -0.2) is 26.4 Å². The molecule has 1 amide bonds. The molecule has 6 heteroatoms. The number of amides is 1. The minimum Gasteiger partial charge on any atom is -0.349 e. The number of hydrogen-bond donors (Lipinski definition) is 1. The molecule has 1 saturated carbocycles. The molecular formula is C23H28N2O3S. The van der Waals surface area contributed by atoms with Crippen LogP contribution in [-0.2, 0) is 16.4 Å². The van der Waals surface area contributed by atoms with E-state index in [4.69, 9.17) is 0 Å². The maximum Gasteiger partial charge on any atom is 0.264 e. The fraction of sp³-hybridized carbons (Fsp3) is 0.435. The lowest BCUT2D eigenvalue weighted by molar-refractivity contribution is 0.0910. The number of carbonyl (C=O) groups is 1. The maximum atomic E-state index is 13.4. The fourth-order valence-electron chi connectivity index (χ4n) is 4.60. The number of hydrogen-bond acceptors (Lipinski definition) is 3. The molecular weight excluding hydrogens is 384 g/mol. The highest BCUT2D eigenvalue weighted by Crippen LogP contribution is 2.36. The number of carbonyl (C=O) groups excluding carboxylic acids is 1. The Kier molecular flexibility index (Phi) is 5.38. The molecule has 0 bridgehead atoms. The van der Waals surface area contributed by atoms with E-state index in [2.05, 4.69) is 12.2 Å². The van der Waals surface area contributed by atoms with Crippen LogP contribution in [0.3, 0.4) is 0 Å². The van der Waals surface area contributed by atoms with Gasteiger partial charge in [0.05, 0.1) is 10.6 Å². The van der Waals surface area contributed by atoms with E-state index < -0.39 is 10.0 Å². The lowest BCUT2D eigenvalue weighted by Crippen LogP contribution is -2.41. The molecule has 0 unspecified atom stereocenters. The first-order valence-electron chi connectivity index (χ1n) is 10.4. The highest BCUT2D eigenvalue weighted by molar-refractivity contribution is 7.92. The summed E-state index contributed by atoms with van der Waals surface area (Å²) in [5.41, 5.74) is 2.15. The number of rotatable bonds is 4. The van der Waals surface area contributed by atoms with Crippen molar-refractivity contribution < 1.29 is 13.2 Å². The van der Waals surface area contributed by atoms with Crippen molar-refractivity contribution in [3.05, 3.63) is 59.7 Å². The van der Waals surface area contributed by atoms with Crippen molar-refractivity contribution in [3.8, 4) is 0 Å². The van der Waals surface area contributed by atoms with E-state index in [0.717, 1.165) is 30.5 Å². The van der Waals surface area contributed by atoms with E-state index in [0.29, 0.717) is 17.9 Å². The molecule has 3 atom stereocenters. The molecule has 154 valence electrons. The molecule has 2 aromatic carbocycles. The van der Waals surface area contributed by atoms with Gasteiger partial charge in [0, 0.05) is 17.6 Å². The lowest BCUT2D eigenvalue weighted by Gasteiger charge is -2.29. The highest BCUT2D eigenvalue weighted by atomic mass is 32.2. The van der Waals surface area contributed by atoms with Crippen LogP contribution in [0.4, 0.5) is 5.69 Å². The first-order chi connectivity index (χ1) is 13.9. The zero-order valence-corrected chi connectivity index (χ0v) is 17.8. The quantitative estimate of drug-likeness (QED) is 0.821. The van der Waals surface area contributed by atoms with Gasteiger partial charge in [-0.05, 0) is 61.9 Å². The van der Waals surface area contributed by atoms with Gasteiger partial charge in [-0.2, -0.15) is 0 Å². The molecule has 2 aromatic rings. The molecule has 1 N–H and O–H groups in total. The third-order valence-corrected chi connectivity index (χ3v) is 8.15. The minimum absolute atomic E-state index is 0.155. The topological polar surface area (TPSA) is 66.5 Å². The molecule has 0 aromatic heterocycles. The van der Waals surface area contributed by atoms with Crippen molar-refractivity contribution in [1.82, 2.24) is 5.32 Å². The Balaban J connectivity index is 1.60. The monoisotopic (exact) mass is 412 g/mol. The van der Waals surface area contributed by atoms with E-state index >= 15 is 0 Å². The first-order valence-corrected chi connectivity index (χ1v) is 11.8. The number of anilines is 1. The molecule has 1 aliphatic carbocycles. The van der Waals surface area contributed by atoms with Crippen LogP contribution >= 0.6 is 0 Å². The van der Waals surface area contributed by atoms with E-state index in [1.165, 1.54) is 16.8 Å². The van der Waals surface area contributed by atoms with Gasteiger partial charge in [-0.1, -0.05) is 44.0 Å². The van der Waals surface area contributed by atoms with Crippen LogP contribution in [0.15, 0.2) is 53.4 Å². The van der Waals surface area contributed by atoms with E-state index in [1.54, 1.807) is 18.2 Å². The minimum atomic E-state index is -3.75. The Hall–Kier alpha value is -2.34. The molecule has 1 fully saturated rings. The summed E-state index contributed by atoms with van der Waals surface area (Å²) in [7, 11) is -3.75. The van der Waals surface area contributed by atoms with Gasteiger partial charge >= 0.3 is 0 Å². The van der Waals surface area contributed by atoms with E-state index in [9.17, 15) is 13.2 Å². The van der Waals surface area contributed by atoms with Crippen molar-refractivity contribution in [1.29, 1.82) is 0 Å². The lowest BCUT2D eigenvalue weighted by atomic mass is 9.86. The van der Waals surface area contributed by atoms with Crippen LogP contribution in [0.2, 0.25) is 0 Å². The molecule has 1 aliphatic heterocycles. The largest absolute Gasteiger partial charge is 0.349 e. The number of nitrogens with one attached hydrogen (secondary N) is 1. The number of nitrogens with zero attached hydrogens (tertiary/aromatic N) is 1. The first kappa shape index (κ1) is 20.0. The molecule has 5 nitrogen and oxygen atoms in total. The van der Waals surface area contributed by atoms with Crippen LogP contribution in [0, 0.1) is 5.92 Å². The predicted molar refractivity (Wildman–Crippen MR) is 115 cm³/mol. The Morgan fingerprint density at radius 2 is 1.79 bits per heavy atom. The number of para-hydroxylation sites is 1. The Morgan fingerprint density at radius 3 is 2.59 bits per heavy atom. The molecule has 1 heterocycles. The Labute approximate surface area is 173 Å². The number of sulfonamides is 1. The Bertz CT molecular complexity index is 1020. The van der Waals surface area contributed by atoms with Gasteiger partial charge in [-0.15, -0.1) is 0 Å². The van der Waals surface area contributed by atoms with E-state index in [-0.39, 0.29) is 22.9 Å². The zero-order valence-electron chi connectivity index (χ0n) is 17.0. The van der Waals surface area contributed by atoms with E-state index in [1.807, 2.05) is 31.2 Å². The van der Waals surface area contributed by atoms with Crippen LogP contribution in [0.5, 0.6) is 0 Å². The maximum absolute atomic E-state index is 13.4. The third-order valence-electron chi connectivity index (χ3n) is 6.23. The average Bonchev–Trinajstić information content (AvgIpc) is 3.06. The smallest absolute Gasteiger partial charge is 0.264 e. The summed E-state index contributed by atoms with van der Waals surface area (Å²) in [4.78, 5) is 13.0. The molecule has 4 rings (SSSR count). The molecule has 2 aliphatic rings. The summed E-state index contributed by atoms with van der Waals surface area (Å²) in [6, 6.07) is 14.0. The average molecular weight is 413 g/mol. The van der Waals surface area contributed by atoms with Gasteiger partial charge in [-0.3, -0.25) is 9.10 Å². The normalized spacial score (nSPS) is 24.2. The Morgan fingerprint density at radius 1 is 1.03 bits per heavy atom. The van der Waals surface area contributed by atoms with Crippen LogP contribution in [0.25, 0.3) is 0 Å². The number of benzene rings is 2. The molecule has 0 spiro atoms. The summed E-state index contributed by atoms with van der Waals surface area (Å²) in [6.45, 7) is 4.08. The third kappa shape index (κ3) is 3.78. The molecule has 0 saturated heterocycles. The van der Waals surface area contributed by atoms with Gasteiger partial charge in [-0.25, -0.2) is 8.42 Å². The fourth-order valence-corrected chi connectivity index (χ4v) is 6.34. The summed E-state index contributed by atoms with van der Waals surface area (Å²) in [5, 5.41) is 3.11. The van der Waals surface area contributed by atoms with Gasteiger partial charge < -0.3 is 5.32 Å². The second-order valence-corrected chi connectivity index (χ2v) is 10.2.